The van der Waals surface area contributed by atoms with E-state index < -0.39 is 0 Å². The number of nitrogens with zero attached hydrogens (tertiary/aromatic N) is 2. The van der Waals surface area contributed by atoms with Crippen molar-refractivity contribution in [3.63, 3.8) is 0 Å². The number of hydrogen-bond donors (Lipinski definition) is 1. The Morgan fingerprint density at radius 2 is 2.13 bits per heavy atom. The van der Waals surface area contributed by atoms with Crippen LogP contribution in [-0.2, 0) is 0 Å². The van der Waals surface area contributed by atoms with Crippen molar-refractivity contribution in [1.29, 1.82) is 0 Å². The molecule has 2 amide bonds. The van der Waals surface area contributed by atoms with Crippen LogP contribution in [0.1, 0.15) is 27.7 Å². The van der Waals surface area contributed by atoms with Gasteiger partial charge in [0.05, 0.1) is 11.6 Å². The predicted molar refractivity (Wildman–Crippen MR) is 59.8 cm³/mol. The van der Waals surface area contributed by atoms with Gasteiger partial charge in [-0.15, -0.1) is 0 Å². The number of amides is 2. The zero-order chi connectivity index (χ0) is 11.2. The second-order valence-corrected chi connectivity index (χ2v) is 5.31. The SMILES string of the molecule is CC(C)N1C(=O)N2CCNCC2C1(C)C. The summed E-state index contributed by atoms with van der Waals surface area (Å²) in [5.74, 6) is 0. The summed E-state index contributed by atoms with van der Waals surface area (Å²) in [6.45, 7) is 11.2. The molecule has 0 radical (unpaired) electrons. The smallest absolute Gasteiger partial charge is 0.317 e. The van der Waals surface area contributed by atoms with E-state index in [-0.39, 0.29) is 17.6 Å². The van der Waals surface area contributed by atoms with Crippen LogP contribution < -0.4 is 5.32 Å². The fourth-order valence-corrected chi connectivity index (χ4v) is 3.00. The van der Waals surface area contributed by atoms with E-state index in [1.807, 2.05) is 9.80 Å². The summed E-state index contributed by atoms with van der Waals surface area (Å²) >= 11 is 0. The standard InChI is InChI=1S/C11H21N3O/c1-8(2)14-10(15)13-6-5-12-7-9(13)11(14,3)4/h8-9,12H,5-7H2,1-4H3. The molecule has 0 spiro atoms. The second kappa shape index (κ2) is 3.37. The van der Waals surface area contributed by atoms with Gasteiger partial charge >= 0.3 is 6.03 Å². The van der Waals surface area contributed by atoms with Gasteiger partial charge in [0, 0.05) is 25.7 Å². The zero-order valence-electron chi connectivity index (χ0n) is 10.1. The van der Waals surface area contributed by atoms with E-state index in [1.165, 1.54) is 0 Å². The van der Waals surface area contributed by atoms with Gasteiger partial charge in [-0.1, -0.05) is 0 Å². The largest absolute Gasteiger partial charge is 0.321 e. The van der Waals surface area contributed by atoms with Crippen LogP contribution in [0.3, 0.4) is 0 Å². The van der Waals surface area contributed by atoms with E-state index in [0.29, 0.717) is 6.04 Å². The Morgan fingerprint density at radius 1 is 1.47 bits per heavy atom. The first-order valence-electron chi connectivity index (χ1n) is 5.77. The highest BCUT2D eigenvalue weighted by Crippen LogP contribution is 2.34. The molecule has 2 aliphatic heterocycles. The molecule has 2 heterocycles. The van der Waals surface area contributed by atoms with Crippen LogP contribution in [-0.4, -0.2) is 53.1 Å². The highest BCUT2D eigenvalue weighted by Gasteiger charge is 2.52. The third-order valence-electron chi connectivity index (χ3n) is 3.65. The Labute approximate surface area is 91.6 Å². The van der Waals surface area contributed by atoms with Gasteiger partial charge in [-0.05, 0) is 27.7 Å². The molecule has 1 unspecified atom stereocenters. The zero-order valence-corrected chi connectivity index (χ0v) is 10.1. The molecule has 1 N–H and O–H groups in total. The number of urea groups is 1. The summed E-state index contributed by atoms with van der Waals surface area (Å²) in [6.07, 6.45) is 0. The first-order valence-corrected chi connectivity index (χ1v) is 5.77. The number of carbonyl (C=O) groups is 1. The van der Waals surface area contributed by atoms with E-state index in [2.05, 4.69) is 33.0 Å². The quantitative estimate of drug-likeness (QED) is 0.699. The molecule has 2 saturated heterocycles. The minimum atomic E-state index is -0.0569. The minimum absolute atomic E-state index is 0.0569. The average molecular weight is 211 g/mol. The molecule has 2 aliphatic rings. The molecule has 0 saturated carbocycles. The van der Waals surface area contributed by atoms with Gasteiger partial charge < -0.3 is 15.1 Å². The average Bonchev–Trinajstić information content (AvgIpc) is 2.36. The Morgan fingerprint density at radius 3 is 2.67 bits per heavy atom. The predicted octanol–water partition coefficient (Wildman–Crippen LogP) is 0.883. The third-order valence-corrected chi connectivity index (χ3v) is 3.65. The number of fused-ring (bicyclic) bond motifs is 1. The molecule has 4 heteroatoms. The molecule has 0 aromatic heterocycles. The highest BCUT2D eigenvalue weighted by atomic mass is 16.2. The molecule has 15 heavy (non-hydrogen) atoms. The molecular weight excluding hydrogens is 190 g/mol. The van der Waals surface area contributed by atoms with Crippen LogP contribution >= 0.6 is 0 Å². The Balaban J connectivity index is 2.31. The van der Waals surface area contributed by atoms with Crippen LogP contribution in [0.5, 0.6) is 0 Å². The number of carbonyl (C=O) groups excluding carboxylic acids is 1. The first kappa shape index (κ1) is 10.7. The lowest BCUT2D eigenvalue weighted by atomic mass is 9.92. The van der Waals surface area contributed by atoms with Crippen molar-refractivity contribution in [2.24, 2.45) is 0 Å². The van der Waals surface area contributed by atoms with Crippen molar-refractivity contribution in [2.45, 2.75) is 45.3 Å². The van der Waals surface area contributed by atoms with Gasteiger partial charge in [-0.25, -0.2) is 4.79 Å². The molecule has 0 aromatic carbocycles. The lowest BCUT2D eigenvalue weighted by Crippen LogP contribution is -2.56. The number of piperazine rings is 1. The van der Waals surface area contributed by atoms with E-state index in [4.69, 9.17) is 0 Å². The van der Waals surface area contributed by atoms with Crippen LogP contribution in [0.15, 0.2) is 0 Å². The monoisotopic (exact) mass is 211 g/mol. The van der Waals surface area contributed by atoms with Crippen LogP contribution in [0, 0.1) is 0 Å². The van der Waals surface area contributed by atoms with Crippen LogP contribution in [0.25, 0.3) is 0 Å². The van der Waals surface area contributed by atoms with Gasteiger partial charge in [0.2, 0.25) is 0 Å². The Hall–Kier alpha value is -0.770. The van der Waals surface area contributed by atoms with Crippen molar-refractivity contribution in [3.8, 4) is 0 Å². The van der Waals surface area contributed by atoms with Gasteiger partial charge in [0.1, 0.15) is 0 Å². The molecule has 86 valence electrons. The Kier molecular flexibility index (Phi) is 2.41. The molecular formula is C11H21N3O. The molecule has 2 rings (SSSR count). The van der Waals surface area contributed by atoms with Gasteiger partial charge in [0.25, 0.3) is 0 Å². The van der Waals surface area contributed by atoms with Crippen LogP contribution in [0.2, 0.25) is 0 Å². The topological polar surface area (TPSA) is 35.6 Å². The van der Waals surface area contributed by atoms with Crippen molar-refractivity contribution in [2.75, 3.05) is 19.6 Å². The van der Waals surface area contributed by atoms with E-state index in [9.17, 15) is 4.79 Å². The second-order valence-electron chi connectivity index (χ2n) is 5.31. The molecule has 1 atom stereocenters. The fourth-order valence-electron chi connectivity index (χ4n) is 3.00. The lowest BCUT2D eigenvalue weighted by molar-refractivity contribution is 0.133. The minimum Gasteiger partial charge on any atom is -0.317 e. The normalized spacial score (nSPS) is 29.9. The summed E-state index contributed by atoms with van der Waals surface area (Å²) in [5, 5.41) is 3.37. The fraction of sp³-hybridized carbons (Fsp3) is 0.909. The summed E-state index contributed by atoms with van der Waals surface area (Å²) < 4.78 is 0. The van der Waals surface area contributed by atoms with Crippen LogP contribution in [0.4, 0.5) is 4.79 Å². The summed E-state index contributed by atoms with van der Waals surface area (Å²) in [6, 6.07) is 0.806. The molecule has 2 fully saturated rings. The summed E-state index contributed by atoms with van der Waals surface area (Å²) in [7, 11) is 0. The third kappa shape index (κ3) is 1.42. The summed E-state index contributed by atoms with van der Waals surface area (Å²) in [5.41, 5.74) is -0.0569. The number of hydrogen-bond acceptors (Lipinski definition) is 2. The van der Waals surface area contributed by atoms with Gasteiger partial charge in [-0.2, -0.15) is 0 Å². The van der Waals surface area contributed by atoms with E-state index in [1.54, 1.807) is 0 Å². The molecule has 0 aliphatic carbocycles. The van der Waals surface area contributed by atoms with E-state index >= 15 is 0 Å². The highest BCUT2D eigenvalue weighted by molar-refractivity contribution is 5.79. The first-order chi connectivity index (χ1) is 6.96. The molecule has 0 aromatic rings. The van der Waals surface area contributed by atoms with E-state index in [0.717, 1.165) is 19.6 Å². The van der Waals surface area contributed by atoms with Crippen molar-refractivity contribution < 1.29 is 4.79 Å². The maximum atomic E-state index is 12.2. The summed E-state index contributed by atoms with van der Waals surface area (Å²) in [4.78, 5) is 16.3. The van der Waals surface area contributed by atoms with Gasteiger partial charge in [-0.3, -0.25) is 0 Å². The Bertz CT molecular complexity index is 275. The lowest BCUT2D eigenvalue weighted by Gasteiger charge is -2.38. The number of nitrogens with one attached hydrogen (secondary N) is 1. The van der Waals surface area contributed by atoms with Crippen molar-refractivity contribution in [3.05, 3.63) is 0 Å². The molecule has 0 bridgehead atoms. The number of rotatable bonds is 1. The molecule has 4 nitrogen and oxygen atoms in total. The van der Waals surface area contributed by atoms with Crippen molar-refractivity contribution in [1.82, 2.24) is 15.1 Å². The van der Waals surface area contributed by atoms with Crippen molar-refractivity contribution >= 4 is 6.03 Å². The van der Waals surface area contributed by atoms with Gasteiger partial charge in [0.15, 0.2) is 0 Å². The maximum absolute atomic E-state index is 12.2. The maximum Gasteiger partial charge on any atom is 0.321 e.